The quantitative estimate of drug-likeness (QED) is 0.742. The minimum atomic E-state index is -3.27. The Morgan fingerprint density at radius 1 is 1.46 bits per heavy atom. The Morgan fingerprint density at radius 2 is 2.08 bits per heavy atom. The number of nitrogens with two attached hydrogens (primary N) is 1. The third kappa shape index (κ3) is 4.09. The van der Waals surface area contributed by atoms with E-state index in [2.05, 4.69) is 13.8 Å². The maximum absolute atomic E-state index is 10.9. The fourth-order valence-electron chi connectivity index (χ4n) is 2.33. The van der Waals surface area contributed by atoms with Crippen LogP contribution in [0.5, 0.6) is 0 Å². The summed E-state index contributed by atoms with van der Waals surface area (Å²) in [6.07, 6.45) is 4.34. The Morgan fingerprint density at radius 3 is 2.54 bits per heavy atom. The average Bonchev–Trinajstić information content (AvgIpc) is 1.79. The highest BCUT2D eigenvalue weighted by molar-refractivity contribution is 7.89. The minimum absolute atomic E-state index is 0.163. The molecule has 2 N–H and O–H groups in total. The molecule has 13 heavy (non-hydrogen) atoms. The Bertz CT molecular complexity index is 269. The van der Waals surface area contributed by atoms with Crippen LogP contribution in [0.4, 0.5) is 0 Å². The third-order valence-electron chi connectivity index (χ3n) is 2.78. The molecular formula is C9H19NO2S. The summed E-state index contributed by atoms with van der Waals surface area (Å²) in [7, 11) is -3.27. The molecule has 1 unspecified atom stereocenters. The molecule has 0 saturated heterocycles. The maximum Gasteiger partial charge on any atom is 0.209 e. The van der Waals surface area contributed by atoms with Gasteiger partial charge in [-0.1, -0.05) is 20.3 Å². The second-order valence-electron chi connectivity index (χ2n) is 4.96. The normalized spacial score (nSPS) is 28.7. The first-order valence-electron chi connectivity index (χ1n) is 4.79. The van der Waals surface area contributed by atoms with Gasteiger partial charge in [-0.2, -0.15) is 0 Å². The van der Waals surface area contributed by atoms with Crippen molar-refractivity contribution >= 4 is 10.0 Å². The molecule has 78 valence electrons. The summed E-state index contributed by atoms with van der Waals surface area (Å²) >= 11 is 0. The van der Waals surface area contributed by atoms with Gasteiger partial charge in [0.05, 0.1) is 5.75 Å². The van der Waals surface area contributed by atoms with Gasteiger partial charge in [0.2, 0.25) is 10.0 Å². The van der Waals surface area contributed by atoms with Crippen molar-refractivity contribution in [1.29, 1.82) is 0 Å². The molecule has 0 aromatic heterocycles. The molecule has 1 atom stereocenters. The van der Waals surface area contributed by atoms with Gasteiger partial charge in [0.25, 0.3) is 0 Å². The lowest BCUT2D eigenvalue weighted by Crippen LogP contribution is -2.30. The zero-order valence-electron chi connectivity index (χ0n) is 8.41. The van der Waals surface area contributed by atoms with Crippen molar-refractivity contribution in [2.75, 3.05) is 5.75 Å². The number of primary sulfonamides is 1. The van der Waals surface area contributed by atoms with Crippen LogP contribution in [0.3, 0.4) is 0 Å². The summed E-state index contributed by atoms with van der Waals surface area (Å²) in [5.74, 6) is 0.440. The van der Waals surface area contributed by atoms with Crippen LogP contribution in [-0.2, 0) is 10.0 Å². The fraction of sp³-hybridized carbons (Fsp3) is 1.00. The molecule has 0 radical (unpaired) electrons. The van der Waals surface area contributed by atoms with Crippen molar-refractivity contribution in [3.63, 3.8) is 0 Å². The zero-order valence-corrected chi connectivity index (χ0v) is 9.23. The first-order chi connectivity index (χ1) is 5.79. The monoisotopic (exact) mass is 205 g/mol. The van der Waals surface area contributed by atoms with E-state index in [1.54, 1.807) is 0 Å². The first-order valence-corrected chi connectivity index (χ1v) is 6.50. The molecule has 0 bridgehead atoms. The van der Waals surface area contributed by atoms with Gasteiger partial charge >= 0.3 is 0 Å². The SMILES string of the molecule is CC1(C)CCCC(CS(N)(=O)=O)C1. The molecule has 1 fully saturated rings. The van der Waals surface area contributed by atoms with E-state index in [9.17, 15) is 8.42 Å². The highest BCUT2D eigenvalue weighted by atomic mass is 32.2. The molecule has 0 aliphatic heterocycles. The largest absolute Gasteiger partial charge is 0.229 e. The Kier molecular flexibility index (Phi) is 3.02. The summed E-state index contributed by atoms with van der Waals surface area (Å²) in [6.45, 7) is 4.39. The predicted octanol–water partition coefficient (Wildman–Crippen LogP) is 1.49. The van der Waals surface area contributed by atoms with E-state index in [1.165, 1.54) is 6.42 Å². The summed E-state index contributed by atoms with van der Waals surface area (Å²) < 4.78 is 21.8. The second kappa shape index (κ2) is 3.58. The number of hydrogen-bond acceptors (Lipinski definition) is 2. The zero-order chi connectivity index (χ0) is 10.1. The lowest BCUT2D eigenvalue weighted by atomic mass is 9.73. The van der Waals surface area contributed by atoms with Gasteiger partial charge in [-0.05, 0) is 30.6 Å². The first kappa shape index (κ1) is 11.0. The van der Waals surface area contributed by atoms with Crippen molar-refractivity contribution < 1.29 is 8.42 Å². The van der Waals surface area contributed by atoms with Crippen LogP contribution in [0.1, 0.15) is 39.5 Å². The van der Waals surface area contributed by atoms with Crippen LogP contribution in [0.2, 0.25) is 0 Å². The summed E-state index contributed by atoms with van der Waals surface area (Å²) in [5.41, 5.74) is 0.299. The lowest BCUT2D eigenvalue weighted by molar-refractivity contribution is 0.192. The van der Waals surface area contributed by atoms with Crippen LogP contribution >= 0.6 is 0 Å². The van der Waals surface area contributed by atoms with Crippen LogP contribution in [0, 0.1) is 11.3 Å². The summed E-state index contributed by atoms with van der Waals surface area (Å²) in [5, 5.41) is 5.03. The summed E-state index contributed by atoms with van der Waals surface area (Å²) in [6, 6.07) is 0. The second-order valence-corrected chi connectivity index (χ2v) is 6.62. The van der Waals surface area contributed by atoms with E-state index in [1.807, 2.05) is 0 Å². The molecule has 1 saturated carbocycles. The van der Waals surface area contributed by atoms with Crippen molar-refractivity contribution in [1.82, 2.24) is 0 Å². The van der Waals surface area contributed by atoms with E-state index >= 15 is 0 Å². The van der Waals surface area contributed by atoms with E-state index in [0.717, 1.165) is 19.3 Å². The van der Waals surface area contributed by atoms with E-state index in [4.69, 9.17) is 5.14 Å². The molecule has 1 aliphatic rings. The van der Waals surface area contributed by atoms with Gasteiger partial charge in [0, 0.05) is 0 Å². The molecule has 1 rings (SSSR count). The van der Waals surface area contributed by atoms with Gasteiger partial charge in [-0.3, -0.25) is 0 Å². The Labute approximate surface area is 80.8 Å². The molecule has 0 spiro atoms. The van der Waals surface area contributed by atoms with Gasteiger partial charge < -0.3 is 0 Å². The highest BCUT2D eigenvalue weighted by Gasteiger charge is 2.29. The van der Waals surface area contributed by atoms with Crippen LogP contribution in [0.15, 0.2) is 0 Å². The third-order valence-corrected chi connectivity index (χ3v) is 3.71. The van der Waals surface area contributed by atoms with Crippen molar-refractivity contribution in [3.8, 4) is 0 Å². The minimum Gasteiger partial charge on any atom is -0.229 e. The Balaban J connectivity index is 2.53. The average molecular weight is 205 g/mol. The predicted molar refractivity (Wildman–Crippen MR) is 53.7 cm³/mol. The molecule has 3 nitrogen and oxygen atoms in total. The van der Waals surface area contributed by atoms with Gasteiger partial charge in [0.1, 0.15) is 0 Å². The van der Waals surface area contributed by atoms with Crippen molar-refractivity contribution in [2.24, 2.45) is 16.5 Å². The van der Waals surface area contributed by atoms with E-state index < -0.39 is 10.0 Å². The fourth-order valence-corrected chi connectivity index (χ4v) is 3.27. The maximum atomic E-state index is 10.9. The highest BCUT2D eigenvalue weighted by Crippen LogP contribution is 2.38. The molecule has 1 aliphatic carbocycles. The van der Waals surface area contributed by atoms with E-state index in [-0.39, 0.29) is 11.7 Å². The molecule has 4 heteroatoms. The van der Waals surface area contributed by atoms with Crippen molar-refractivity contribution in [3.05, 3.63) is 0 Å². The Hall–Kier alpha value is -0.0900. The van der Waals surface area contributed by atoms with E-state index in [0.29, 0.717) is 5.41 Å². The number of hydrogen-bond donors (Lipinski definition) is 1. The van der Waals surface area contributed by atoms with Crippen LogP contribution < -0.4 is 5.14 Å². The molecular weight excluding hydrogens is 186 g/mol. The molecule has 0 heterocycles. The molecule has 0 aromatic rings. The topological polar surface area (TPSA) is 60.2 Å². The molecule has 0 amide bonds. The smallest absolute Gasteiger partial charge is 0.209 e. The number of rotatable bonds is 2. The van der Waals surface area contributed by atoms with Crippen LogP contribution in [-0.4, -0.2) is 14.2 Å². The summed E-state index contributed by atoms with van der Waals surface area (Å²) in [4.78, 5) is 0. The standard InChI is InChI=1S/C9H19NO2S/c1-9(2)5-3-4-8(6-9)7-13(10,11)12/h8H,3-7H2,1-2H3,(H2,10,11,12). The molecule has 0 aromatic carbocycles. The van der Waals surface area contributed by atoms with Crippen LogP contribution in [0.25, 0.3) is 0 Å². The van der Waals surface area contributed by atoms with Gasteiger partial charge in [0.15, 0.2) is 0 Å². The lowest BCUT2D eigenvalue weighted by Gasteiger charge is -2.34. The van der Waals surface area contributed by atoms with Gasteiger partial charge in [-0.15, -0.1) is 0 Å². The number of sulfonamides is 1. The van der Waals surface area contributed by atoms with Gasteiger partial charge in [-0.25, -0.2) is 13.6 Å². The van der Waals surface area contributed by atoms with Crippen molar-refractivity contribution in [2.45, 2.75) is 39.5 Å².